The van der Waals surface area contributed by atoms with Crippen LogP contribution in [0.5, 0.6) is 0 Å². The molecule has 0 unspecified atom stereocenters. The van der Waals surface area contributed by atoms with Crippen LogP contribution in [-0.2, 0) is 16.6 Å². The number of benzene rings is 1. The average Bonchev–Trinajstić information content (AvgIpc) is 2.22. The van der Waals surface area contributed by atoms with E-state index in [2.05, 4.69) is 0 Å². The van der Waals surface area contributed by atoms with Crippen LogP contribution >= 0.6 is 0 Å². The molecule has 21 heavy (non-hydrogen) atoms. The van der Waals surface area contributed by atoms with Crippen molar-refractivity contribution in [2.45, 2.75) is 12.5 Å². The molecule has 1 rings (SSSR count). The van der Waals surface area contributed by atoms with Gasteiger partial charge in [-0.15, -0.1) is 5.43 Å². The molecule has 0 aromatic heterocycles. The second-order valence-electron chi connectivity index (χ2n) is 3.24. The van der Waals surface area contributed by atoms with Crippen molar-refractivity contribution in [2.75, 3.05) is 5.43 Å². The maximum absolute atomic E-state index is 12.3. The van der Waals surface area contributed by atoms with Gasteiger partial charge in [0.2, 0.25) is 0 Å². The van der Waals surface area contributed by atoms with E-state index in [1.165, 1.54) is 11.5 Å². The predicted octanol–water partition coefficient (Wildman–Crippen LogP) is 2.49. The molecular formula is C8H8F6N2O4S. The first-order chi connectivity index (χ1) is 9.20. The maximum atomic E-state index is 12.3. The van der Waals surface area contributed by atoms with Gasteiger partial charge in [0.25, 0.3) is 0 Å². The molecule has 13 heteroatoms. The number of rotatable bonds is 2. The Morgan fingerprint density at radius 1 is 0.952 bits per heavy atom. The van der Waals surface area contributed by atoms with E-state index in [1.807, 2.05) is 0 Å². The van der Waals surface area contributed by atoms with Gasteiger partial charge in [-0.05, 0) is 12.1 Å². The molecule has 0 radical (unpaired) electrons. The topological polar surface area (TPSA) is 98.7 Å². The zero-order valence-electron chi connectivity index (χ0n) is 9.70. The van der Waals surface area contributed by atoms with Crippen molar-refractivity contribution >= 4 is 16.1 Å². The highest BCUT2D eigenvalue weighted by Gasteiger charge is 2.34. The van der Waals surface area contributed by atoms with Gasteiger partial charge in [0.05, 0.1) is 11.3 Å². The number of hydrogen-bond acceptors (Lipinski definition) is 4. The van der Waals surface area contributed by atoms with Gasteiger partial charge in [-0.1, -0.05) is 12.1 Å². The lowest BCUT2D eigenvalue weighted by molar-refractivity contribution is -0.152. The van der Waals surface area contributed by atoms with E-state index < -0.39 is 34.1 Å². The minimum atomic E-state index is -4.81. The van der Waals surface area contributed by atoms with Gasteiger partial charge >= 0.3 is 22.9 Å². The van der Waals surface area contributed by atoms with Crippen LogP contribution in [0.4, 0.5) is 32.0 Å². The third-order valence-electron chi connectivity index (χ3n) is 1.57. The Balaban J connectivity index is 0.000000690. The van der Waals surface area contributed by atoms with Crippen LogP contribution in [0.2, 0.25) is 0 Å². The summed E-state index contributed by atoms with van der Waals surface area (Å²) in [7, 11) is -4.67. The van der Waals surface area contributed by atoms with E-state index in [9.17, 15) is 26.3 Å². The van der Waals surface area contributed by atoms with E-state index in [0.717, 1.165) is 17.6 Å². The first-order valence-corrected chi connectivity index (χ1v) is 6.06. The molecule has 1 aromatic rings. The van der Waals surface area contributed by atoms with Gasteiger partial charge in [0.15, 0.2) is 0 Å². The number of anilines is 1. The number of hydrazine groups is 1. The highest BCUT2D eigenvalue weighted by atomic mass is 32.3. The maximum Gasteiger partial charge on any atom is 0.474 e. The van der Waals surface area contributed by atoms with Crippen LogP contribution in [0.25, 0.3) is 0 Å². The minimum Gasteiger partial charge on any atom is -0.314 e. The summed E-state index contributed by atoms with van der Waals surface area (Å²) in [6, 6.07) is 3.85. The zero-order chi connectivity index (χ0) is 16.9. The fourth-order valence-electron chi connectivity index (χ4n) is 0.978. The summed E-state index contributed by atoms with van der Waals surface area (Å²) in [6.45, 7) is 0. The molecule has 0 atom stereocenters. The van der Waals surface area contributed by atoms with Gasteiger partial charge in [0, 0.05) is 0 Å². The Hall–Kier alpha value is -1.57. The summed E-state index contributed by atoms with van der Waals surface area (Å²) in [4.78, 5) is 0. The summed E-state index contributed by atoms with van der Waals surface area (Å²) in [6.07, 6.45) is -9.52. The van der Waals surface area contributed by atoms with Gasteiger partial charge in [-0.3, -0.25) is 9.11 Å². The largest absolute Gasteiger partial charge is 0.474 e. The number of nitrogens with one attached hydrogen (secondary N) is 2. The van der Waals surface area contributed by atoms with Gasteiger partial charge in [0.1, 0.15) is 0 Å². The third kappa shape index (κ3) is 10.8. The Morgan fingerprint density at radius 2 is 1.38 bits per heavy atom. The number of halogens is 6. The molecule has 0 bridgehead atoms. The Bertz CT molecular complexity index is 549. The third-order valence-corrected chi connectivity index (χ3v) is 1.57. The fraction of sp³-hybridized carbons (Fsp3) is 0.250. The molecule has 0 heterocycles. The Morgan fingerprint density at radius 3 is 1.76 bits per heavy atom. The molecule has 0 saturated carbocycles. The standard InChI is InChI=1S/C8H6F6N2.H2O4S/c9-7(10,11)5-3-1-2-4-6(5)15-16-8(12,13)14;1-5(2,3)4/h1-4,15-16H;(H2,1,2,3,4). The van der Waals surface area contributed by atoms with Crippen LogP contribution in [0.3, 0.4) is 0 Å². The monoisotopic (exact) mass is 342 g/mol. The van der Waals surface area contributed by atoms with Crippen LogP contribution in [0.1, 0.15) is 5.56 Å². The number of para-hydroxylation sites is 1. The molecule has 0 fully saturated rings. The predicted molar refractivity (Wildman–Crippen MR) is 58.4 cm³/mol. The Kier molecular flexibility index (Phi) is 6.41. The summed E-state index contributed by atoms with van der Waals surface area (Å²) < 4.78 is 104. The minimum absolute atomic E-state index is 0.681. The number of alkyl halides is 6. The van der Waals surface area contributed by atoms with Crippen molar-refractivity contribution in [1.29, 1.82) is 0 Å². The highest BCUT2D eigenvalue weighted by molar-refractivity contribution is 7.79. The average molecular weight is 342 g/mol. The van der Waals surface area contributed by atoms with Crippen LogP contribution in [0.15, 0.2) is 24.3 Å². The van der Waals surface area contributed by atoms with E-state index in [4.69, 9.17) is 17.5 Å². The molecule has 0 saturated heterocycles. The van der Waals surface area contributed by atoms with Crippen molar-refractivity contribution in [3.05, 3.63) is 29.8 Å². The van der Waals surface area contributed by atoms with E-state index >= 15 is 0 Å². The zero-order valence-corrected chi connectivity index (χ0v) is 10.5. The fourth-order valence-corrected chi connectivity index (χ4v) is 0.978. The normalized spacial score (nSPS) is 12.4. The summed E-state index contributed by atoms with van der Waals surface area (Å²) >= 11 is 0. The molecule has 0 aliphatic heterocycles. The molecule has 122 valence electrons. The lowest BCUT2D eigenvalue weighted by Gasteiger charge is -2.16. The smallest absolute Gasteiger partial charge is 0.314 e. The van der Waals surface area contributed by atoms with E-state index in [-0.39, 0.29) is 0 Å². The van der Waals surface area contributed by atoms with Crippen molar-refractivity contribution < 1.29 is 43.9 Å². The van der Waals surface area contributed by atoms with Crippen molar-refractivity contribution in [3.8, 4) is 0 Å². The Labute approximate surface area is 114 Å². The number of hydrogen-bond donors (Lipinski definition) is 4. The lowest BCUT2D eigenvalue weighted by Crippen LogP contribution is -2.37. The molecular weight excluding hydrogens is 334 g/mol. The summed E-state index contributed by atoms with van der Waals surface area (Å²) in [5.74, 6) is 0. The summed E-state index contributed by atoms with van der Waals surface area (Å²) in [5, 5.41) is 0. The van der Waals surface area contributed by atoms with E-state index in [0.29, 0.717) is 6.07 Å². The van der Waals surface area contributed by atoms with Crippen LogP contribution < -0.4 is 10.9 Å². The van der Waals surface area contributed by atoms with Crippen molar-refractivity contribution in [3.63, 3.8) is 0 Å². The molecule has 0 aliphatic carbocycles. The SMILES string of the molecule is FC(F)(F)NNc1ccccc1C(F)(F)F.O=S(=O)(O)O. The van der Waals surface area contributed by atoms with Crippen molar-refractivity contribution in [1.82, 2.24) is 5.43 Å². The second-order valence-corrected chi connectivity index (χ2v) is 4.13. The van der Waals surface area contributed by atoms with Crippen LogP contribution in [0, 0.1) is 0 Å². The first kappa shape index (κ1) is 19.4. The van der Waals surface area contributed by atoms with Crippen molar-refractivity contribution in [2.24, 2.45) is 0 Å². The lowest BCUT2D eigenvalue weighted by atomic mass is 10.2. The summed E-state index contributed by atoms with van der Waals surface area (Å²) in [5.41, 5.74) is 0.403. The molecule has 6 nitrogen and oxygen atoms in total. The first-order valence-electron chi connectivity index (χ1n) is 4.66. The molecule has 0 aliphatic rings. The molecule has 0 spiro atoms. The molecule has 0 amide bonds. The quantitative estimate of drug-likeness (QED) is 0.285. The van der Waals surface area contributed by atoms with Gasteiger partial charge < -0.3 is 5.43 Å². The van der Waals surface area contributed by atoms with Gasteiger partial charge in [-0.2, -0.15) is 34.8 Å². The molecule has 4 N–H and O–H groups in total. The highest BCUT2D eigenvalue weighted by Crippen LogP contribution is 2.34. The van der Waals surface area contributed by atoms with Crippen LogP contribution in [-0.4, -0.2) is 23.8 Å². The van der Waals surface area contributed by atoms with Gasteiger partial charge in [-0.25, -0.2) is 0 Å². The molecule has 1 aromatic carbocycles. The second kappa shape index (κ2) is 6.93. The van der Waals surface area contributed by atoms with E-state index in [1.54, 1.807) is 0 Å².